The standard InChI is InChI=1S/C22H19ClIN3O3/c23-17-14-15(25-21(28)16-4-1-2-5-18(16)24)7-8-19(17)26-9-11-27(12-10-26)22(29)20-6-3-13-30-20/h1-8,13-14H,9-12H2,(H,25,28). The second kappa shape index (κ2) is 9.09. The van der Waals surface area contributed by atoms with Crippen molar-refractivity contribution in [1.29, 1.82) is 0 Å². The van der Waals surface area contributed by atoms with E-state index in [1.165, 1.54) is 6.26 Å². The van der Waals surface area contributed by atoms with E-state index in [9.17, 15) is 9.59 Å². The molecule has 0 radical (unpaired) electrons. The summed E-state index contributed by atoms with van der Waals surface area (Å²) in [5.41, 5.74) is 2.14. The van der Waals surface area contributed by atoms with E-state index in [4.69, 9.17) is 16.0 Å². The molecule has 0 bridgehead atoms. The molecule has 8 heteroatoms. The molecule has 2 heterocycles. The van der Waals surface area contributed by atoms with Crippen molar-refractivity contribution in [3.63, 3.8) is 0 Å². The average Bonchev–Trinajstić information content (AvgIpc) is 3.29. The Morgan fingerprint density at radius 3 is 2.43 bits per heavy atom. The highest BCUT2D eigenvalue weighted by atomic mass is 127. The number of anilines is 2. The SMILES string of the molecule is O=C(Nc1ccc(N2CCN(C(=O)c3ccco3)CC2)c(Cl)c1)c1ccccc1I. The third-order valence-corrected chi connectivity index (χ3v) is 6.21. The van der Waals surface area contributed by atoms with Crippen LogP contribution in [0, 0.1) is 3.57 Å². The molecular weight excluding hydrogens is 517 g/mol. The van der Waals surface area contributed by atoms with Crippen molar-refractivity contribution in [3.05, 3.63) is 80.8 Å². The van der Waals surface area contributed by atoms with Gasteiger partial charge < -0.3 is 19.5 Å². The summed E-state index contributed by atoms with van der Waals surface area (Å²) in [5, 5.41) is 3.45. The number of carbonyl (C=O) groups excluding carboxylic acids is 2. The Morgan fingerprint density at radius 2 is 1.77 bits per heavy atom. The minimum atomic E-state index is -0.172. The topological polar surface area (TPSA) is 65.8 Å². The van der Waals surface area contributed by atoms with E-state index in [0.717, 1.165) is 9.26 Å². The number of nitrogens with one attached hydrogen (secondary N) is 1. The maximum Gasteiger partial charge on any atom is 0.289 e. The maximum absolute atomic E-state index is 12.5. The van der Waals surface area contributed by atoms with Crippen LogP contribution in [-0.2, 0) is 0 Å². The molecule has 0 spiro atoms. The highest BCUT2D eigenvalue weighted by Gasteiger charge is 2.24. The number of benzene rings is 2. The molecule has 1 aliphatic heterocycles. The van der Waals surface area contributed by atoms with Gasteiger partial charge in [0.25, 0.3) is 11.8 Å². The van der Waals surface area contributed by atoms with Gasteiger partial charge in [0, 0.05) is 35.4 Å². The molecule has 2 aromatic carbocycles. The van der Waals surface area contributed by atoms with Crippen LogP contribution in [0.15, 0.2) is 65.3 Å². The number of rotatable bonds is 4. The molecule has 0 saturated carbocycles. The normalized spacial score (nSPS) is 13.9. The van der Waals surface area contributed by atoms with E-state index in [1.807, 2.05) is 30.3 Å². The third kappa shape index (κ3) is 4.46. The van der Waals surface area contributed by atoms with E-state index in [1.54, 1.807) is 29.2 Å². The van der Waals surface area contributed by atoms with E-state index in [0.29, 0.717) is 48.2 Å². The zero-order chi connectivity index (χ0) is 21.1. The molecule has 0 aliphatic carbocycles. The van der Waals surface area contributed by atoms with Crippen molar-refractivity contribution < 1.29 is 14.0 Å². The first-order chi connectivity index (χ1) is 14.5. The van der Waals surface area contributed by atoms with Gasteiger partial charge in [-0.1, -0.05) is 23.7 Å². The number of furan rings is 1. The largest absolute Gasteiger partial charge is 0.459 e. The van der Waals surface area contributed by atoms with E-state index < -0.39 is 0 Å². The molecule has 2 amide bonds. The maximum atomic E-state index is 12.5. The van der Waals surface area contributed by atoms with Gasteiger partial charge in [-0.15, -0.1) is 0 Å². The van der Waals surface area contributed by atoms with Crippen molar-refractivity contribution in [2.75, 3.05) is 36.4 Å². The first kappa shape index (κ1) is 20.7. The summed E-state index contributed by atoms with van der Waals surface area (Å²) in [5.74, 6) is 0.0860. The van der Waals surface area contributed by atoms with Gasteiger partial charge in [-0.05, 0) is 65.1 Å². The number of halogens is 2. The molecule has 1 fully saturated rings. The van der Waals surface area contributed by atoms with E-state index in [2.05, 4.69) is 32.8 Å². The number of carbonyl (C=O) groups is 2. The zero-order valence-corrected chi connectivity index (χ0v) is 18.9. The van der Waals surface area contributed by atoms with Crippen molar-refractivity contribution >= 4 is 57.4 Å². The summed E-state index contributed by atoms with van der Waals surface area (Å²) in [7, 11) is 0. The molecule has 0 atom stereocenters. The predicted octanol–water partition coefficient (Wildman–Crippen LogP) is 4.75. The highest BCUT2D eigenvalue weighted by Crippen LogP contribution is 2.30. The predicted molar refractivity (Wildman–Crippen MR) is 125 cm³/mol. The lowest BCUT2D eigenvalue weighted by Crippen LogP contribution is -2.48. The van der Waals surface area contributed by atoms with Crippen LogP contribution in [0.2, 0.25) is 5.02 Å². The monoisotopic (exact) mass is 535 g/mol. The van der Waals surface area contributed by atoms with Gasteiger partial charge in [0.05, 0.1) is 22.5 Å². The first-order valence-electron chi connectivity index (χ1n) is 9.46. The van der Waals surface area contributed by atoms with Crippen LogP contribution in [-0.4, -0.2) is 42.9 Å². The Bertz CT molecular complexity index is 1060. The van der Waals surface area contributed by atoms with Gasteiger partial charge in [0.1, 0.15) is 0 Å². The van der Waals surface area contributed by atoms with Gasteiger partial charge in [0.2, 0.25) is 0 Å². The lowest BCUT2D eigenvalue weighted by molar-refractivity contribution is 0.0714. The Balaban J connectivity index is 1.40. The van der Waals surface area contributed by atoms with Crippen LogP contribution < -0.4 is 10.2 Å². The average molecular weight is 536 g/mol. The molecule has 154 valence electrons. The lowest BCUT2D eigenvalue weighted by Gasteiger charge is -2.36. The van der Waals surface area contributed by atoms with Gasteiger partial charge in [0.15, 0.2) is 5.76 Å². The molecule has 30 heavy (non-hydrogen) atoms. The van der Waals surface area contributed by atoms with Crippen LogP contribution in [0.1, 0.15) is 20.9 Å². The molecule has 1 aliphatic rings. The lowest BCUT2D eigenvalue weighted by atomic mass is 10.2. The fourth-order valence-corrected chi connectivity index (χ4v) is 4.32. The van der Waals surface area contributed by atoms with Crippen molar-refractivity contribution in [3.8, 4) is 0 Å². The van der Waals surface area contributed by atoms with Crippen LogP contribution in [0.25, 0.3) is 0 Å². The molecule has 0 unspecified atom stereocenters. The Kier molecular flexibility index (Phi) is 6.29. The second-order valence-electron chi connectivity index (χ2n) is 6.86. The van der Waals surface area contributed by atoms with Crippen molar-refractivity contribution in [1.82, 2.24) is 4.90 Å². The van der Waals surface area contributed by atoms with E-state index in [-0.39, 0.29) is 11.8 Å². The molecule has 1 N–H and O–H groups in total. The van der Waals surface area contributed by atoms with Crippen LogP contribution in [0.3, 0.4) is 0 Å². The van der Waals surface area contributed by atoms with Crippen molar-refractivity contribution in [2.45, 2.75) is 0 Å². The molecule has 4 rings (SSSR count). The van der Waals surface area contributed by atoms with Crippen LogP contribution >= 0.6 is 34.2 Å². The summed E-state index contributed by atoms with van der Waals surface area (Å²) in [6, 6.07) is 16.3. The summed E-state index contributed by atoms with van der Waals surface area (Å²) < 4.78 is 6.09. The second-order valence-corrected chi connectivity index (χ2v) is 8.43. The highest BCUT2D eigenvalue weighted by molar-refractivity contribution is 14.1. The number of hydrogen-bond donors (Lipinski definition) is 1. The van der Waals surface area contributed by atoms with Gasteiger partial charge in [-0.2, -0.15) is 0 Å². The molecular formula is C22H19ClIN3O3. The third-order valence-electron chi connectivity index (χ3n) is 4.96. The number of amides is 2. The number of piperazine rings is 1. The fourth-order valence-electron chi connectivity index (χ4n) is 3.39. The Labute approximate surface area is 192 Å². The van der Waals surface area contributed by atoms with Crippen molar-refractivity contribution in [2.24, 2.45) is 0 Å². The van der Waals surface area contributed by atoms with Gasteiger partial charge in [-0.25, -0.2) is 0 Å². The Morgan fingerprint density at radius 1 is 1.00 bits per heavy atom. The first-order valence-corrected chi connectivity index (χ1v) is 10.9. The molecule has 1 aromatic heterocycles. The quantitative estimate of drug-likeness (QED) is 0.490. The Hall–Kier alpha value is -2.52. The summed E-state index contributed by atoms with van der Waals surface area (Å²) in [4.78, 5) is 28.8. The van der Waals surface area contributed by atoms with Gasteiger partial charge >= 0.3 is 0 Å². The molecule has 1 saturated heterocycles. The molecule has 6 nitrogen and oxygen atoms in total. The molecule has 3 aromatic rings. The zero-order valence-electron chi connectivity index (χ0n) is 16.0. The smallest absolute Gasteiger partial charge is 0.289 e. The van der Waals surface area contributed by atoms with Crippen LogP contribution in [0.5, 0.6) is 0 Å². The summed E-state index contributed by atoms with van der Waals surface area (Å²) >= 11 is 8.66. The summed E-state index contributed by atoms with van der Waals surface area (Å²) in [6.45, 7) is 2.50. The number of nitrogens with zero attached hydrogens (tertiary/aromatic N) is 2. The minimum absolute atomic E-state index is 0.0978. The number of hydrogen-bond acceptors (Lipinski definition) is 4. The fraction of sp³-hybridized carbons (Fsp3) is 0.182. The summed E-state index contributed by atoms with van der Waals surface area (Å²) in [6.07, 6.45) is 1.50. The van der Waals surface area contributed by atoms with Gasteiger partial charge in [-0.3, -0.25) is 9.59 Å². The van der Waals surface area contributed by atoms with E-state index >= 15 is 0 Å². The van der Waals surface area contributed by atoms with Crippen LogP contribution in [0.4, 0.5) is 11.4 Å². The minimum Gasteiger partial charge on any atom is -0.459 e.